The molecule has 188 valence electrons. The van der Waals surface area contributed by atoms with Crippen molar-refractivity contribution in [2.24, 2.45) is 10.1 Å². The Kier molecular flexibility index (Phi) is 8.24. The first-order chi connectivity index (χ1) is 17.3. The van der Waals surface area contributed by atoms with Crippen molar-refractivity contribution in [1.29, 1.82) is 0 Å². The highest BCUT2D eigenvalue weighted by molar-refractivity contribution is 9.12. The van der Waals surface area contributed by atoms with E-state index < -0.39 is 30.2 Å². The van der Waals surface area contributed by atoms with Gasteiger partial charge >= 0.3 is 6.03 Å². The van der Waals surface area contributed by atoms with E-state index in [0.29, 0.717) is 15.3 Å². The Bertz CT molecular complexity index is 1190. The van der Waals surface area contributed by atoms with Crippen molar-refractivity contribution < 1.29 is 19.4 Å². The second-order valence-electron chi connectivity index (χ2n) is 8.10. The van der Waals surface area contributed by atoms with Gasteiger partial charge in [0.25, 0.3) is 5.91 Å². The molecule has 0 saturated carbocycles. The van der Waals surface area contributed by atoms with Crippen LogP contribution in [0.4, 0.5) is 4.79 Å². The summed E-state index contributed by atoms with van der Waals surface area (Å²) in [4.78, 5) is 32.2. The Hall–Kier alpha value is -3.41. The van der Waals surface area contributed by atoms with Gasteiger partial charge in [0.1, 0.15) is 18.5 Å². The number of carbonyl (C=O) groups excluding carboxylic acids is 2. The highest BCUT2D eigenvalue weighted by Gasteiger charge is 2.49. The van der Waals surface area contributed by atoms with Crippen LogP contribution in [0, 0.1) is 0 Å². The fourth-order valence-corrected chi connectivity index (χ4v) is 4.21. The molecular formula is C24H24BrClN6O4. The number of guanidine groups is 1. The topological polar surface area (TPSA) is 119 Å². The van der Waals surface area contributed by atoms with Gasteiger partial charge in [-0.2, -0.15) is 5.10 Å². The lowest BCUT2D eigenvalue weighted by Gasteiger charge is -2.36. The number of hydrazone groups is 1. The number of aliphatic hydroxyl groups excluding tert-OH is 1. The van der Waals surface area contributed by atoms with Gasteiger partial charge in [0.2, 0.25) is 5.96 Å². The molecule has 2 aliphatic heterocycles. The minimum Gasteiger partial charge on any atom is -0.491 e. The first-order valence-corrected chi connectivity index (χ1v) is 12.2. The summed E-state index contributed by atoms with van der Waals surface area (Å²) in [7, 11) is 1.55. The average molecular weight is 576 g/mol. The van der Waals surface area contributed by atoms with Crippen LogP contribution in [0.15, 0.2) is 69.2 Å². The van der Waals surface area contributed by atoms with E-state index in [9.17, 15) is 14.7 Å². The molecule has 1 fully saturated rings. The second kappa shape index (κ2) is 11.5. The highest BCUT2D eigenvalue weighted by Crippen LogP contribution is 2.24. The molecule has 3 atom stereocenters. The third-order valence-electron chi connectivity index (χ3n) is 5.48. The number of hydrogen-bond donors (Lipinski definition) is 3. The third-order valence-corrected chi connectivity index (χ3v) is 6.17. The van der Waals surface area contributed by atoms with Gasteiger partial charge < -0.3 is 19.6 Å². The van der Waals surface area contributed by atoms with Crippen LogP contribution < -0.4 is 15.5 Å². The van der Waals surface area contributed by atoms with Gasteiger partial charge in [-0.3, -0.25) is 10.1 Å². The number of aliphatic imine (C=N–C) groups is 1. The molecular weight excluding hydrogens is 552 g/mol. The van der Waals surface area contributed by atoms with Crippen LogP contribution in [-0.2, 0) is 4.79 Å². The Morgan fingerprint density at radius 3 is 2.72 bits per heavy atom. The fraction of sp³-hybridized carbons (Fsp3) is 0.250. The van der Waals surface area contributed by atoms with E-state index in [1.165, 1.54) is 4.90 Å². The first kappa shape index (κ1) is 25.7. The molecule has 0 spiro atoms. The van der Waals surface area contributed by atoms with Crippen molar-refractivity contribution in [2.75, 3.05) is 20.2 Å². The predicted octanol–water partition coefficient (Wildman–Crippen LogP) is 2.64. The van der Waals surface area contributed by atoms with E-state index in [-0.39, 0.29) is 19.1 Å². The van der Waals surface area contributed by atoms with Crippen LogP contribution in [0.2, 0.25) is 5.02 Å². The summed E-state index contributed by atoms with van der Waals surface area (Å²) >= 11 is 9.34. The summed E-state index contributed by atoms with van der Waals surface area (Å²) in [5, 5.41) is 17.8. The number of hydrogen-bond acceptors (Lipinski definition) is 8. The first-order valence-electron chi connectivity index (χ1n) is 11.0. The van der Waals surface area contributed by atoms with E-state index in [2.05, 4.69) is 36.8 Å². The number of imide groups is 1. The molecule has 36 heavy (non-hydrogen) atoms. The zero-order chi connectivity index (χ0) is 25.7. The number of β-amino-alcohol motifs (C(OH)–C–C–N with tert-alkyl or cyclic N) is 1. The van der Waals surface area contributed by atoms with E-state index in [4.69, 9.17) is 16.3 Å². The average Bonchev–Trinajstić information content (AvgIpc) is 3.21. The number of rotatable bonds is 8. The Morgan fingerprint density at radius 2 is 2.00 bits per heavy atom. The number of ether oxygens (including phenoxy) is 1. The number of halogens is 2. The van der Waals surface area contributed by atoms with Crippen LogP contribution >= 0.6 is 27.5 Å². The number of nitrogens with one attached hydrogen (secondary N) is 2. The summed E-state index contributed by atoms with van der Waals surface area (Å²) in [5.74, 6) is 0.275. The Labute approximate surface area is 221 Å². The number of nitrogens with zero attached hydrogens (tertiary/aromatic N) is 4. The van der Waals surface area contributed by atoms with Crippen LogP contribution in [0.3, 0.4) is 0 Å². The van der Waals surface area contributed by atoms with Gasteiger partial charge in [0.15, 0.2) is 12.2 Å². The highest BCUT2D eigenvalue weighted by atomic mass is 79.9. The Balaban J connectivity index is 1.46. The normalized spacial score (nSPS) is 20.8. The maximum absolute atomic E-state index is 12.7. The zero-order valence-corrected chi connectivity index (χ0v) is 21.6. The van der Waals surface area contributed by atoms with Crippen molar-refractivity contribution in [2.45, 2.75) is 18.3 Å². The fourth-order valence-electron chi connectivity index (χ4n) is 3.72. The summed E-state index contributed by atoms with van der Waals surface area (Å²) in [6, 6.07) is 15.1. The number of likely N-dealkylation sites (N-methyl/N-ethyl adjacent to an activating group) is 1. The number of urea groups is 1. The molecule has 0 bridgehead atoms. The number of aliphatic hydroxyl groups is 1. The van der Waals surface area contributed by atoms with Crippen molar-refractivity contribution in [3.05, 3.63) is 69.7 Å². The van der Waals surface area contributed by atoms with Gasteiger partial charge in [0, 0.05) is 16.6 Å². The molecule has 0 aliphatic carbocycles. The molecule has 2 aliphatic rings. The van der Waals surface area contributed by atoms with Gasteiger partial charge in [-0.1, -0.05) is 41.9 Å². The minimum atomic E-state index is -0.976. The zero-order valence-electron chi connectivity index (χ0n) is 19.2. The third kappa shape index (κ3) is 6.23. The van der Waals surface area contributed by atoms with E-state index in [0.717, 1.165) is 5.56 Å². The number of carbonyl (C=O) groups is 2. The standard InChI is InChI=1S/C24H24BrClN6O4/c1-31-21-20(22(34)29-24(31)35)32(13-18(33)14-36-19-9-7-17(26)8-10-19)23(28-21)30-27-12-16(25)11-15-5-3-2-4-6-15/h2-12,18,20-21,33H,13-14H2,1H3,(H,28,30)(H,29,34,35)/b16-11+,27-12-. The molecule has 1 saturated heterocycles. The maximum Gasteiger partial charge on any atom is 0.325 e. The molecule has 4 rings (SSSR count). The smallest absolute Gasteiger partial charge is 0.325 e. The van der Waals surface area contributed by atoms with Gasteiger partial charge in [-0.15, -0.1) is 0 Å². The molecule has 3 unspecified atom stereocenters. The molecule has 10 nitrogen and oxygen atoms in total. The molecule has 12 heteroatoms. The summed E-state index contributed by atoms with van der Waals surface area (Å²) in [5.41, 5.74) is 3.82. The molecule has 2 heterocycles. The molecule has 0 aromatic heterocycles. The van der Waals surface area contributed by atoms with Crippen molar-refractivity contribution in [1.82, 2.24) is 20.5 Å². The lowest BCUT2D eigenvalue weighted by Crippen LogP contribution is -2.64. The van der Waals surface area contributed by atoms with Crippen LogP contribution in [0.25, 0.3) is 6.08 Å². The monoisotopic (exact) mass is 574 g/mol. The van der Waals surface area contributed by atoms with E-state index in [1.807, 2.05) is 36.4 Å². The molecule has 3 N–H and O–H groups in total. The van der Waals surface area contributed by atoms with Crippen LogP contribution in [0.1, 0.15) is 5.56 Å². The van der Waals surface area contributed by atoms with Crippen molar-refractivity contribution in [3.8, 4) is 5.75 Å². The SMILES string of the molecule is CN1C(=O)NC(=O)C2C1N=C(N/N=C\C(Br)=C/c1ccccc1)N2CC(O)COc1ccc(Cl)cc1. The number of amides is 3. The predicted molar refractivity (Wildman–Crippen MR) is 141 cm³/mol. The lowest BCUT2D eigenvalue weighted by molar-refractivity contribution is -0.127. The number of fused-ring (bicyclic) bond motifs is 1. The largest absolute Gasteiger partial charge is 0.491 e. The van der Waals surface area contributed by atoms with Gasteiger partial charge in [-0.25, -0.2) is 15.2 Å². The van der Waals surface area contributed by atoms with Crippen LogP contribution in [0.5, 0.6) is 5.75 Å². The molecule has 2 aromatic rings. The van der Waals surface area contributed by atoms with Crippen molar-refractivity contribution >= 4 is 57.7 Å². The quantitative estimate of drug-likeness (QED) is 0.329. The summed E-state index contributed by atoms with van der Waals surface area (Å²) in [6.07, 6.45) is 1.69. The van der Waals surface area contributed by atoms with Gasteiger partial charge in [0.05, 0.1) is 12.8 Å². The summed E-state index contributed by atoms with van der Waals surface area (Å²) in [6.45, 7) is -0.0274. The molecule has 3 amide bonds. The second-order valence-corrected chi connectivity index (χ2v) is 9.45. The van der Waals surface area contributed by atoms with Crippen LogP contribution in [-0.4, -0.2) is 77.5 Å². The number of allylic oxidation sites excluding steroid dienone is 1. The molecule has 2 aromatic carbocycles. The number of benzene rings is 2. The maximum atomic E-state index is 12.7. The molecule has 0 radical (unpaired) electrons. The lowest BCUT2D eigenvalue weighted by atomic mass is 10.1. The summed E-state index contributed by atoms with van der Waals surface area (Å²) < 4.78 is 6.33. The van der Waals surface area contributed by atoms with E-state index >= 15 is 0 Å². The van der Waals surface area contributed by atoms with Gasteiger partial charge in [-0.05, 0) is 51.8 Å². The van der Waals surface area contributed by atoms with Crippen molar-refractivity contribution in [3.63, 3.8) is 0 Å². The Morgan fingerprint density at radius 1 is 1.28 bits per heavy atom. The minimum absolute atomic E-state index is 0.00653. The van der Waals surface area contributed by atoms with E-state index in [1.54, 1.807) is 42.4 Å².